The van der Waals surface area contributed by atoms with E-state index < -0.39 is 15.9 Å². The topological polar surface area (TPSA) is 108 Å². The van der Waals surface area contributed by atoms with Crippen molar-refractivity contribution >= 4 is 15.9 Å². The number of carbonyl (C=O) groups excluding carboxylic acids is 1. The number of nitrogens with zero attached hydrogens (tertiary/aromatic N) is 2. The average molecular weight is 312 g/mol. The van der Waals surface area contributed by atoms with Gasteiger partial charge in [0.15, 0.2) is 5.76 Å². The Balaban J connectivity index is 2.08. The monoisotopic (exact) mass is 312 g/mol. The van der Waals surface area contributed by atoms with Crippen molar-refractivity contribution in [1.82, 2.24) is 19.8 Å². The Morgan fingerprint density at radius 3 is 2.71 bits per heavy atom. The molecule has 1 amide bonds. The molecule has 0 fully saturated rings. The van der Waals surface area contributed by atoms with Crippen LogP contribution >= 0.6 is 0 Å². The molecule has 2 N–H and O–H groups in total. The predicted molar refractivity (Wildman–Crippen MR) is 74.1 cm³/mol. The molecule has 0 aromatic carbocycles. The number of aryl methyl sites for hydroxylation is 1. The second kappa shape index (κ2) is 5.70. The summed E-state index contributed by atoms with van der Waals surface area (Å²) in [6.07, 6.45) is 1.61. The van der Waals surface area contributed by atoms with E-state index in [2.05, 4.69) is 15.5 Å². The van der Waals surface area contributed by atoms with Gasteiger partial charge in [-0.3, -0.25) is 9.89 Å². The van der Waals surface area contributed by atoms with E-state index in [1.807, 2.05) is 6.92 Å². The minimum absolute atomic E-state index is 0.0587. The van der Waals surface area contributed by atoms with Crippen LogP contribution in [0, 0.1) is 6.92 Å². The van der Waals surface area contributed by atoms with Crippen molar-refractivity contribution < 1.29 is 17.6 Å². The molecule has 0 aliphatic carbocycles. The summed E-state index contributed by atoms with van der Waals surface area (Å²) in [4.78, 5) is 11.9. The first-order valence-corrected chi connectivity index (χ1v) is 7.56. The third-order valence-electron chi connectivity index (χ3n) is 2.91. The number of furan rings is 1. The maximum absolute atomic E-state index is 11.9. The van der Waals surface area contributed by atoms with Crippen molar-refractivity contribution in [2.45, 2.75) is 18.6 Å². The van der Waals surface area contributed by atoms with Gasteiger partial charge in [-0.05, 0) is 19.1 Å². The molecule has 9 heteroatoms. The summed E-state index contributed by atoms with van der Waals surface area (Å²) in [5.41, 5.74) is 1.70. The van der Waals surface area contributed by atoms with Crippen molar-refractivity contribution in [1.29, 1.82) is 0 Å². The van der Waals surface area contributed by atoms with E-state index in [1.165, 1.54) is 26.2 Å². The summed E-state index contributed by atoms with van der Waals surface area (Å²) in [5, 5.41) is 8.97. The Labute approximate surface area is 122 Å². The summed E-state index contributed by atoms with van der Waals surface area (Å²) in [7, 11) is -0.906. The zero-order valence-corrected chi connectivity index (χ0v) is 12.7. The fraction of sp³-hybridized carbons (Fsp3) is 0.333. The van der Waals surface area contributed by atoms with Gasteiger partial charge in [-0.15, -0.1) is 0 Å². The normalized spacial score (nSPS) is 11.8. The lowest BCUT2D eigenvalue weighted by Gasteiger charge is -2.07. The number of aromatic nitrogens is 2. The summed E-state index contributed by atoms with van der Waals surface area (Å²) >= 11 is 0. The number of amides is 1. The highest BCUT2D eigenvalue weighted by atomic mass is 32.2. The van der Waals surface area contributed by atoms with Gasteiger partial charge in [-0.2, -0.15) is 5.10 Å². The average Bonchev–Trinajstić information content (AvgIpc) is 3.05. The molecular weight excluding hydrogens is 296 g/mol. The fourth-order valence-corrected chi connectivity index (χ4v) is 2.37. The minimum Gasteiger partial charge on any atom is -0.438 e. The Morgan fingerprint density at radius 2 is 2.14 bits per heavy atom. The first kappa shape index (κ1) is 15.3. The van der Waals surface area contributed by atoms with Gasteiger partial charge < -0.3 is 9.73 Å². The molecule has 0 saturated heterocycles. The van der Waals surface area contributed by atoms with Crippen molar-refractivity contribution in [3.05, 3.63) is 35.3 Å². The Morgan fingerprint density at radius 1 is 1.43 bits per heavy atom. The van der Waals surface area contributed by atoms with Crippen LogP contribution in [0.15, 0.2) is 27.8 Å². The number of hydrogen-bond acceptors (Lipinski definition) is 5. The van der Waals surface area contributed by atoms with Crippen molar-refractivity contribution in [2.24, 2.45) is 0 Å². The van der Waals surface area contributed by atoms with Crippen molar-refractivity contribution in [3.63, 3.8) is 0 Å². The summed E-state index contributed by atoms with van der Waals surface area (Å²) in [6.45, 7) is 2.11. The predicted octanol–water partition coefficient (Wildman–Crippen LogP) is 0.491. The number of aromatic amines is 1. The molecule has 0 unspecified atom stereocenters. The third-order valence-corrected chi connectivity index (χ3v) is 4.60. The standard InChI is InChI=1S/C12H16N4O4S/c1-8-9(7-14-15-8)6-13-12(17)10-4-5-11(20-10)21(18,19)16(2)3/h4-5,7H,6H2,1-3H3,(H,13,17)(H,14,15). The van der Waals surface area contributed by atoms with Crippen LogP contribution in [0.4, 0.5) is 0 Å². The van der Waals surface area contributed by atoms with E-state index in [-0.39, 0.29) is 17.4 Å². The van der Waals surface area contributed by atoms with Gasteiger partial charge in [-0.1, -0.05) is 0 Å². The summed E-state index contributed by atoms with van der Waals surface area (Å²) in [5.74, 6) is -0.549. The van der Waals surface area contributed by atoms with Crippen LogP contribution < -0.4 is 5.32 Å². The van der Waals surface area contributed by atoms with Crippen LogP contribution in [0.2, 0.25) is 0 Å². The van der Waals surface area contributed by atoms with Gasteiger partial charge in [0.2, 0.25) is 5.09 Å². The Hall–Kier alpha value is -2.13. The number of H-pyrrole nitrogens is 1. The molecule has 2 aromatic heterocycles. The summed E-state index contributed by atoms with van der Waals surface area (Å²) < 4.78 is 29.8. The van der Waals surface area contributed by atoms with E-state index in [4.69, 9.17) is 4.42 Å². The molecule has 0 atom stereocenters. The first-order valence-electron chi connectivity index (χ1n) is 6.12. The second-order valence-electron chi connectivity index (χ2n) is 4.61. The number of sulfonamides is 1. The number of rotatable bonds is 5. The lowest BCUT2D eigenvalue weighted by Crippen LogP contribution is -2.23. The van der Waals surface area contributed by atoms with Crippen LogP contribution in [0.3, 0.4) is 0 Å². The van der Waals surface area contributed by atoms with Gasteiger partial charge in [0.1, 0.15) is 0 Å². The molecule has 2 rings (SSSR count). The smallest absolute Gasteiger partial charge is 0.287 e. The van der Waals surface area contributed by atoms with Crippen LogP contribution in [-0.2, 0) is 16.6 Å². The molecule has 0 radical (unpaired) electrons. The van der Waals surface area contributed by atoms with Crippen LogP contribution in [0.1, 0.15) is 21.8 Å². The summed E-state index contributed by atoms with van der Waals surface area (Å²) in [6, 6.07) is 2.58. The van der Waals surface area contributed by atoms with Crippen molar-refractivity contribution in [3.8, 4) is 0 Å². The molecule has 0 aliphatic heterocycles. The number of nitrogens with one attached hydrogen (secondary N) is 2. The third kappa shape index (κ3) is 3.14. The van der Waals surface area contributed by atoms with Crippen LogP contribution in [0.25, 0.3) is 0 Å². The highest BCUT2D eigenvalue weighted by Gasteiger charge is 2.23. The highest BCUT2D eigenvalue weighted by molar-refractivity contribution is 7.88. The molecular formula is C12H16N4O4S. The molecule has 114 valence electrons. The van der Waals surface area contributed by atoms with E-state index in [9.17, 15) is 13.2 Å². The van der Waals surface area contributed by atoms with Crippen LogP contribution in [0.5, 0.6) is 0 Å². The Bertz CT molecular complexity index is 745. The molecule has 2 aromatic rings. The zero-order valence-electron chi connectivity index (χ0n) is 11.9. The zero-order chi connectivity index (χ0) is 15.6. The highest BCUT2D eigenvalue weighted by Crippen LogP contribution is 2.16. The number of hydrogen-bond donors (Lipinski definition) is 2. The SMILES string of the molecule is Cc1[nH]ncc1CNC(=O)c1ccc(S(=O)(=O)N(C)C)o1. The van der Waals surface area contributed by atoms with E-state index in [0.717, 1.165) is 15.6 Å². The maximum Gasteiger partial charge on any atom is 0.287 e. The van der Waals surface area contributed by atoms with Crippen LogP contribution in [-0.4, -0.2) is 42.9 Å². The quantitative estimate of drug-likeness (QED) is 0.835. The first-order chi connectivity index (χ1) is 9.82. The minimum atomic E-state index is -3.68. The van der Waals surface area contributed by atoms with Gasteiger partial charge in [-0.25, -0.2) is 12.7 Å². The molecule has 2 heterocycles. The second-order valence-corrected chi connectivity index (χ2v) is 6.69. The van der Waals surface area contributed by atoms with Gasteiger partial charge in [0, 0.05) is 31.9 Å². The van der Waals surface area contributed by atoms with Crippen molar-refractivity contribution in [2.75, 3.05) is 14.1 Å². The molecule has 0 aliphatic rings. The van der Waals surface area contributed by atoms with Gasteiger partial charge in [0.25, 0.3) is 15.9 Å². The molecule has 0 saturated carbocycles. The van der Waals surface area contributed by atoms with Gasteiger partial charge >= 0.3 is 0 Å². The van der Waals surface area contributed by atoms with E-state index in [0.29, 0.717) is 0 Å². The molecule has 0 bridgehead atoms. The molecule has 21 heavy (non-hydrogen) atoms. The maximum atomic E-state index is 11.9. The number of carbonyl (C=O) groups is 1. The lowest BCUT2D eigenvalue weighted by atomic mass is 10.2. The Kier molecular flexibility index (Phi) is 4.14. The fourth-order valence-electron chi connectivity index (χ4n) is 1.58. The van der Waals surface area contributed by atoms with E-state index in [1.54, 1.807) is 6.20 Å². The van der Waals surface area contributed by atoms with Gasteiger partial charge in [0.05, 0.1) is 6.20 Å². The molecule has 8 nitrogen and oxygen atoms in total. The largest absolute Gasteiger partial charge is 0.438 e. The lowest BCUT2D eigenvalue weighted by molar-refractivity contribution is 0.0917. The van der Waals surface area contributed by atoms with E-state index >= 15 is 0 Å². The molecule has 0 spiro atoms.